The van der Waals surface area contributed by atoms with Gasteiger partial charge in [-0.25, -0.2) is 0 Å². The lowest BCUT2D eigenvalue weighted by Gasteiger charge is -2.07. The Bertz CT molecular complexity index is 809. The van der Waals surface area contributed by atoms with E-state index in [1.54, 1.807) is 42.5 Å². The number of hydrogen-bond donors (Lipinski definition) is 1. The van der Waals surface area contributed by atoms with Crippen molar-refractivity contribution in [1.29, 1.82) is 5.26 Å². The van der Waals surface area contributed by atoms with Gasteiger partial charge in [0.25, 0.3) is 5.91 Å². The van der Waals surface area contributed by atoms with Crippen LogP contribution in [0.15, 0.2) is 48.0 Å². The molecular weight excluding hydrogens is 347 g/mol. The van der Waals surface area contributed by atoms with E-state index in [2.05, 4.69) is 5.32 Å². The fourth-order valence-corrected chi connectivity index (χ4v) is 2.22. The van der Waals surface area contributed by atoms with Crippen molar-refractivity contribution >= 4 is 40.9 Å². The molecule has 0 aliphatic rings. The van der Waals surface area contributed by atoms with E-state index in [4.69, 9.17) is 27.9 Å². The molecule has 2 rings (SSSR count). The van der Waals surface area contributed by atoms with Crippen LogP contribution >= 0.6 is 23.2 Å². The second kappa shape index (κ2) is 8.39. The van der Waals surface area contributed by atoms with Crippen LogP contribution in [0.3, 0.4) is 0 Å². The second-order valence-corrected chi connectivity index (χ2v) is 5.57. The highest BCUT2D eigenvalue weighted by molar-refractivity contribution is 6.42. The molecule has 24 heavy (non-hydrogen) atoms. The molecule has 0 aliphatic carbocycles. The number of nitrogens with zero attached hydrogens (tertiary/aromatic N) is 1. The minimum absolute atomic E-state index is 0.0396. The summed E-state index contributed by atoms with van der Waals surface area (Å²) in [6.45, 7) is 2.46. The number of ether oxygens (including phenoxy) is 1. The fraction of sp³-hybridized carbons (Fsp3) is 0.111. The first-order valence-electron chi connectivity index (χ1n) is 7.14. The van der Waals surface area contributed by atoms with Crippen LogP contribution in [0.25, 0.3) is 6.08 Å². The van der Waals surface area contributed by atoms with E-state index < -0.39 is 5.91 Å². The second-order valence-electron chi connectivity index (χ2n) is 4.75. The van der Waals surface area contributed by atoms with Gasteiger partial charge < -0.3 is 10.1 Å². The Hall–Kier alpha value is -2.48. The highest BCUT2D eigenvalue weighted by Crippen LogP contribution is 2.24. The van der Waals surface area contributed by atoms with Crippen molar-refractivity contribution in [2.24, 2.45) is 0 Å². The van der Waals surface area contributed by atoms with Crippen LogP contribution in [0, 0.1) is 11.3 Å². The Kier molecular flexibility index (Phi) is 6.25. The summed E-state index contributed by atoms with van der Waals surface area (Å²) in [6, 6.07) is 13.7. The van der Waals surface area contributed by atoms with Crippen molar-refractivity contribution in [2.75, 3.05) is 11.9 Å². The number of halogens is 2. The lowest BCUT2D eigenvalue weighted by Crippen LogP contribution is -2.13. The van der Waals surface area contributed by atoms with Crippen LogP contribution in [0.2, 0.25) is 10.0 Å². The summed E-state index contributed by atoms with van der Waals surface area (Å²) in [7, 11) is 0. The van der Waals surface area contributed by atoms with Gasteiger partial charge in [0.2, 0.25) is 0 Å². The van der Waals surface area contributed by atoms with Crippen LogP contribution < -0.4 is 10.1 Å². The van der Waals surface area contributed by atoms with E-state index in [9.17, 15) is 10.1 Å². The highest BCUT2D eigenvalue weighted by Gasteiger charge is 2.10. The average Bonchev–Trinajstić information content (AvgIpc) is 2.57. The van der Waals surface area contributed by atoms with Gasteiger partial charge >= 0.3 is 0 Å². The van der Waals surface area contributed by atoms with E-state index in [0.29, 0.717) is 33.7 Å². The van der Waals surface area contributed by atoms with Crippen LogP contribution in [0.1, 0.15) is 12.5 Å². The predicted octanol–water partition coefficient (Wildman–Crippen LogP) is 4.94. The van der Waals surface area contributed by atoms with Crippen molar-refractivity contribution in [1.82, 2.24) is 0 Å². The molecule has 4 nitrogen and oxygen atoms in total. The number of carbonyl (C=O) groups excluding carboxylic acids is 1. The van der Waals surface area contributed by atoms with Crippen molar-refractivity contribution in [2.45, 2.75) is 6.92 Å². The molecule has 1 amide bonds. The summed E-state index contributed by atoms with van der Waals surface area (Å²) >= 11 is 11.8. The normalized spacial score (nSPS) is 10.8. The van der Waals surface area contributed by atoms with E-state index in [0.717, 1.165) is 0 Å². The first kappa shape index (κ1) is 17.9. The Morgan fingerprint density at radius 2 is 1.92 bits per heavy atom. The molecule has 0 radical (unpaired) electrons. The number of anilines is 1. The average molecular weight is 361 g/mol. The summed E-state index contributed by atoms with van der Waals surface area (Å²) in [4.78, 5) is 12.2. The molecule has 2 aromatic carbocycles. The number of rotatable bonds is 5. The molecule has 6 heteroatoms. The predicted molar refractivity (Wildman–Crippen MR) is 96.3 cm³/mol. The van der Waals surface area contributed by atoms with Gasteiger partial charge in [-0.1, -0.05) is 29.3 Å². The number of amides is 1. The van der Waals surface area contributed by atoms with Gasteiger partial charge in [-0.05, 0) is 55.0 Å². The summed E-state index contributed by atoms with van der Waals surface area (Å²) in [5.41, 5.74) is 1.14. The number of benzene rings is 2. The molecule has 122 valence electrons. The summed E-state index contributed by atoms with van der Waals surface area (Å²) in [6.07, 6.45) is 1.45. The molecule has 0 aromatic heterocycles. The molecule has 1 N–H and O–H groups in total. The van der Waals surface area contributed by atoms with Gasteiger partial charge in [-0.15, -0.1) is 0 Å². The zero-order valence-corrected chi connectivity index (χ0v) is 14.4. The largest absolute Gasteiger partial charge is 0.494 e. The third kappa shape index (κ3) is 4.76. The lowest BCUT2D eigenvalue weighted by atomic mass is 10.1. The molecule has 0 fully saturated rings. The zero-order valence-electron chi connectivity index (χ0n) is 12.8. The molecular formula is C18H14Cl2N2O2. The van der Waals surface area contributed by atoms with Gasteiger partial charge in [0.05, 0.1) is 16.7 Å². The quantitative estimate of drug-likeness (QED) is 0.606. The number of hydrogen-bond acceptors (Lipinski definition) is 3. The monoisotopic (exact) mass is 360 g/mol. The van der Waals surface area contributed by atoms with Gasteiger partial charge in [-0.2, -0.15) is 5.26 Å². The maximum atomic E-state index is 12.2. The van der Waals surface area contributed by atoms with Crippen molar-refractivity contribution in [3.8, 4) is 11.8 Å². The SMILES string of the molecule is CCOc1ccc(NC(=O)/C(C#N)=C\c2ccc(Cl)c(Cl)c2)cc1. The van der Waals surface area contributed by atoms with Crippen molar-refractivity contribution in [3.63, 3.8) is 0 Å². The maximum absolute atomic E-state index is 12.2. The standard InChI is InChI=1S/C18H14Cl2N2O2/c1-2-24-15-6-4-14(5-7-15)22-18(23)13(11-21)9-12-3-8-16(19)17(20)10-12/h3-10H,2H2,1H3,(H,22,23)/b13-9-. The third-order valence-electron chi connectivity index (χ3n) is 3.04. The minimum atomic E-state index is -0.507. The first-order valence-corrected chi connectivity index (χ1v) is 7.90. The molecule has 0 unspecified atom stereocenters. The number of carbonyl (C=O) groups is 1. The highest BCUT2D eigenvalue weighted by atomic mass is 35.5. The van der Waals surface area contributed by atoms with Gasteiger partial charge in [0.15, 0.2) is 0 Å². The number of nitrogens with one attached hydrogen (secondary N) is 1. The third-order valence-corrected chi connectivity index (χ3v) is 3.78. The summed E-state index contributed by atoms with van der Waals surface area (Å²) in [5, 5.41) is 12.6. The van der Waals surface area contributed by atoms with Crippen LogP contribution in [-0.2, 0) is 4.79 Å². The molecule has 0 aliphatic heterocycles. The zero-order chi connectivity index (χ0) is 17.5. The summed E-state index contributed by atoms with van der Waals surface area (Å²) < 4.78 is 5.33. The first-order chi connectivity index (χ1) is 11.5. The van der Waals surface area contributed by atoms with E-state index in [1.165, 1.54) is 6.08 Å². The molecule has 0 spiro atoms. The van der Waals surface area contributed by atoms with E-state index >= 15 is 0 Å². The summed E-state index contributed by atoms with van der Waals surface area (Å²) in [5.74, 6) is 0.204. The van der Waals surface area contributed by atoms with E-state index in [-0.39, 0.29) is 5.57 Å². The maximum Gasteiger partial charge on any atom is 0.266 e. The molecule has 0 heterocycles. The molecule has 0 saturated heterocycles. The molecule has 0 bridgehead atoms. The van der Waals surface area contributed by atoms with Crippen molar-refractivity contribution in [3.05, 3.63) is 63.6 Å². The fourth-order valence-electron chi connectivity index (χ4n) is 1.92. The topological polar surface area (TPSA) is 62.1 Å². The Balaban J connectivity index is 2.15. The van der Waals surface area contributed by atoms with E-state index in [1.807, 2.05) is 13.0 Å². The van der Waals surface area contributed by atoms with Crippen LogP contribution in [0.5, 0.6) is 5.75 Å². The molecule has 0 saturated carbocycles. The Morgan fingerprint density at radius 3 is 2.50 bits per heavy atom. The Labute approximate surface area is 150 Å². The Morgan fingerprint density at radius 1 is 1.21 bits per heavy atom. The molecule has 0 atom stereocenters. The lowest BCUT2D eigenvalue weighted by molar-refractivity contribution is -0.112. The van der Waals surface area contributed by atoms with Crippen LogP contribution in [-0.4, -0.2) is 12.5 Å². The smallest absolute Gasteiger partial charge is 0.266 e. The van der Waals surface area contributed by atoms with Crippen LogP contribution in [0.4, 0.5) is 5.69 Å². The van der Waals surface area contributed by atoms with Gasteiger partial charge in [-0.3, -0.25) is 4.79 Å². The minimum Gasteiger partial charge on any atom is -0.494 e. The van der Waals surface area contributed by atoms with Gasteiger partial charge in [0, 0.05) is 5.69 Å². The van der Waals surface area contributed by atoms with Crippen molar-refractivity contribution < 1.29 is 9.53 Å². The number of nitriles is 1. The van der Waals surface area contributed by atoms with Gasteiger partial charge in [0.1, 0.15) is 17.4 Å². The molecule has 2 aromatic rings.